The van der Waals surface area contributed by atoms with Gasteiger partial charge in [-0.1, -0.05) is 30.3 Å². The van der Waals surface area contributed by atoms with E-state index in [1.807, 2.05) is 28.0 Å². The molecule has 1 spiro atoms. The summed E-state index contributed by atoms with van der Waals surface area (Å²) in [6.07, 6.45) is 5.16. The molecule has 3 aliphatic heterocycles. The van der Waals surface area contributed by atoms with E-state index in [2.05, 4.69) is 35.6 Å². The molecule has 1 unspecified atom stereocenters. The lowest BCUT2D eigenvalue weighted by Crippen LogP contribution is -2.54. The Balaban J connectivity index is 1.14. The number of nitrogens with one attached hydrogen (secondary N) is 1. The maximum absolute atomic E-state index is 14.1. The van der Waals surface area contributed by atoms with Gasteiger partial charge in [-0.3, -0.25) is 14.9 Å². The zero-order chi connectivity index (χ0) is 27.4. The number of thiol groups is 1. The zero-order valence-corrected chi connectivity index (χ0v) is 23.2. The van der Waals surface area contributed by atoms with Gasteiger partial charge in [0.1, 0.15) is 17.3 Å². The highest BCUT2D eigenvalue weighted by Gasteiger charge is 2.53. The van der Waals surface area contributed by atoms with Crippen LogP contribution in [0.5, 0.6) is 0 Å². The van der Waals surface area contributed by atoms with Crippen LogP contribution in [0.3, 0.4) is 0 Å². The minimum absolute atomic E-state index is 0.0414. The zero-order valence-electron chi connectivity index (χ0n) is 22.3. The second-order valence-electron chi connectivity index (χ2n) is 11.8. The number of fused-ring (bicyclic) bond motifs is 1. The average Bonchev–Trinajstić information content (AvgIpc) is 3.43. The van der Waals surface area contributed by atoms with Crippen LogP contribution >= 0.6 is 0 Å². The highest BCUT2D eigenvalue weighted by molar-refractivity contribution is 7.69. The Morgan fingerprint density at radius 2 is 1.73 bits per heavy atom. The van der Waals surface area contributed by atoms with Crippen LogP contribution in [0.2, 0.25) is 0 Å². The second-order valence-corrected chi connectivity index (χ2v) is 12.8. The van der Waals surface area contributed by atoms with Crippen molar-refractivity contribution in [3.05, 3.63) is 60.4 Å². The van der Waals surface area contributed by atoms with Gasteiger partial charge in [0.15, 0.2) is 0 Å². The molecular formula is C30H34N4O5S. The van der Waals surface area contributed by atoms with E-state index in [4.69, 9.17) is 4.42 Å². The molecule has 1 aliphatic carbocycles. The van der Waals surface area contributed by atoms with Crippen molar-refractivity contribution in [2.45, 2.75) is 43.8 Å². The van der Waals surface area contributed by atoms with E-state index in [0.717, 1.165) is 53.5 Å². The fourth-order valence-corrected chi connectivity index (χ4v) is 7.22. The number of carbonyl (C=O) groups excluding carboxylic acids is 2. The smallest absolute Gasteiger partial charge is 0.244 e. The number of piperidine rings is 1. The van der Waals surface area contributed by atoms with Crippen LogP contribution in [-0.4, -0.2) is 72.6 Å². The summed E-state index contributed by atoms with van der Waals surface area (Å²) in [4.78, 5) is 30.6. The number of hydrogen-bond donors (Lipinski definition) is 2. The average molecular weight is 563 g/mol. The monoisotopic (exact) mass is 562 g/mol. The number of benzene rings is 2. The fourth-order valence-electron chi connectivity index (χ4n) is 6.70. The number of hydrogen-bond acceptors (Lipinski definition) is 6. The van der Waals surface area contributed by atoms with Crippen LogP contribution in [0.4, 0.5) is 0 Å². The number of furan rings is 1. The van der Waals surface area contributed by atoms with Crippen molar-refractivity contribution in [3.8, 4) is 11.1 Å². The van der Waals surface area contributed by atoms with Gasteiger partial charge in [-0.2, -0.15) is 0 Å². The largest absolute Gasteiger partial charge is 0.464 e. The van der Waals surface area contributed by atoms with Gasteiger partial charge in [0.25, 0.3) is 0 Å². The molecule has 2 amide bonds. The van der Waals surface area contributed by atoms with Crippen molar-refractivity contribution < 1.29 is 22.4 Å². The number of likely N-dealkylation sites (tertiary alicyclic amines) is 1. The highest BCUT2D eigenvalue weighted by atomic mass is 32.2. The molecule has 7 rings (SSSR count). The molecule has 2 aromatic carbocycles. The summed E-state index contributed by atoms with van der Waals surface area (Å²) >= 11 is 0. The third-order valence-electron chi connectivity index (χ3n) is 9.21. The first-order valence-electron chi connectivity index (χ1n) is 14.2. The van der Waals surface area contributed by atoms with E-state index in [1.165, 1.54) is 4.31 Å². The lowest BCUT2D eigenvalue weighted by molar-refractivity contribution is -0.135. The maximum atomic E-state index is 14.1. The topological polar surface area (TPSA) is 103 Å². The van der Waals surface area contributed by atoms with Gasteiger partial charge in [-0.15, -0.1) is 0 Å². The minimum atomic E-state index is -2.65. The molecule has 1 N–H and O–H groups in total. The van der Waals surface area contributed by atoms with Gasteiger partial charge in [0, 0.05) is 44.0 Å². The second kappa shape index (κ2) is 10.0. The standard InChI is InChI=1S/C30H34N4O5S/c35-28(23-5-6-23)32-13-9-20(18-32)19-34-27(31-30(29(34)36)11-14-33(15-12-30)40(37)38)22-3-1-21(2-4-22)24-7-8-26-25(17-24)10-16-39-26/h1-4,7-8,10,16-17,20,23,27,31,40H,5-6,9,11-15,18-19H2/t20-,27?/m1/s1. The van der Waals surface area contributed by atoms with Gasteiger partial charge in [-0.05, 0) is 72.9 Å². The molecule has 0 bridgehead atoms. The molecule has 40 heavy (non-hydrogen) atoms. The predicted octanol–water partition coefficient (Wildman–Crippen LogP) is 3.15. The van der Waals surface area contributed by atoms with Crippen molar-refractivity contribution in [2.24, 2.45) is 11.8 Å². The van der Waals surface area contributed by atoms with Gasteiger partial charge < -0.3 is 14.2 Å². The van der Waals surface area contributed by atoms with Crippen LogP contribution in [0.25, 0.3) is 22.1 Å². The van der Waals surface area contributed by atoms with Crippen molar-refractivity contribution >= 4 is 33.7 Å². The van der Waals surface area contributed by atoms with Crippen molar-refractivity contribution in [3.63, 3.8) is 0 Å². The highest BCUT2D eigenvalue weighted by Crippen LogP contribution is 2.40. The first-order valence-corrected chi connectivity index (χ1v) is 15.4. The Bertz CT molecular complexity index is 1510. The van der Waals surface area contributed by atoms with E-state index < -0.39 is 16.4 Å². The van der Waals surface area contributed by atoms with E-state index in [9.17, 15) is 18.0 Å². The Hall–Kier alpha value is -3.21. The van der Waals surface area contributed by atoms with Gasteiger partial charge in [0.05, 0.1) is 6.26 Å². The molecule has 4 heterocycles. The summed E-state index contributed by atoms with van der Waals surface area (Å²) in [5.74, 6) is 0.739. The third kappa shape index (κ3) is 4.61. The molecular weight excluding hydrogens is 528 g/mol. The van der Waals surface area contributed by atoms with Crippen LogP contribution in [0, 0.1) is 11.8 Å². The summed E-state index contributed by atoms with van der Waals surface area (Å²) in [7, 11) is -2.65. The van der Waals surface area contributed by atoms with E-state index in [-0.39, 0.29) is 29.8 Å². The lowest BCUT2D eigenvalue weighted by atomic mass is 9.88. The van der Waals surface area contributed by atoms with Gasteiger partial charge >= 0.3 is 0 Å². The first-order chi connectivity index (χ1) is 19.4. The van der Waals surface area contributed by atoms with Crippen molar-refractivity contribution in [1.82, 2.24) is 19.4 Å². The molecule has 0 radical (unpaired) electrons. The molecule has 210 valence electrons. The number of amides is 2. The maximum Gasteiger partial charge on any atom is 0.244 e. The Kier molecular flexibility index (Phi) is 6.44. The molecule has 3 saturated heterocycles. The predicted molar refractivity (Wildman–Crippen MR) is 151 cm³/mol. The molecule has 1 saturated carbocycles. The molecule has 3 aromatic rings. The Morgan fingerprint density at radius 3 is 2.45 bits per heavy atom. The van der Waals surface area contributed by atoms with Crippen LogP contribution in [-0.2, 0) is 20.5 Å². The number of rotatable bonds is 6. The van der Waals surface area contributed by atoms with E-state index in [1.54, 1.807) is 6.26 Å². The minimum Gasteiger partial charge on any atom is -0.464 e. The van der Waals surface area contributed by atoms with Crippen LogP contribution in [0.15, 0.2) is 59.2 Å². The normalized spacial score (nSPS) is 25.1. The molecule has 10 heteroatoms. The quantitative estimate of drug-likeness (QED) is 0.448. The van der Waals surface area contributed by atoms with Gasteiger partial charge in [0.2, 0.25) is 22.7 Å². The molecule has 4 fully saturated rings. The van der Waals surface area contributed by atoms with E-state index >= 15 is 0 Å². The molecule has 9 nitrogen and oxygen atoms in total. The summed E-state index contributed by atoms with van der Waals surface area (Å²) in [5.41, 5.74) is 3.25. The molecule has 1 aromatic heterocycles. The number of nitrogens with zero attached hydrogens (tertiary/aromatic N) is 3. The summed E-state index contributed by atoms with van der Waals surface area (Å²) < 4.78 is 30.1. The fraction of sp³-hybridized carbons (Fsp3) is 0.467. The summed E-state index contributed by atoms with van der Waals surface area (Å²) in [6.45, 7) is 2.69. The Morgan fingerprint density at radius 1 is 0.975 bits per heavy atom. The van der Waals surface area contributed by atoms with E-state index in [0.29, 0.717) is 39.0 Å². The third-order valence-corrected chi connectivity index (χ3v) is 10.1. The van der Waals surface area contributed by atoms with Gasteiger partial charge in [-0.25, -0.2) is 12.7 Å². The van der Waals surface area contributed by atoms with Crippen LogP contribution < -0.4 is 5.32 Å². The summed E-state index contributed by atoms with van der Waals surface area (Å²) in [5, 5.41) is 4.71. The molecule has 4 aliphatic rings. The van der Waals surface area contributed by atoms with Crippen molar-refractivity contribution in [2.75, 3.05) is 32.7 Å². The first kappa shape index (κ1) is 25.7. The summed E-state index contributed by atoms with van der Waals surface area (Å²) in [6, 6.07) is 16.4. The number of carbonyl (C=O) groups is 2. The lowest BCUT2D eigenvalue weighted by Gasteiger charge is -2.35. The Labute approximate surface area is 235 Å². The van der Waals surface area contributed by atoms with Crippen molar-refractivity contribution in [1.29, 1.82) is 0 Å². The SMILES string of the molecule is O=C(C1CC1)N1CC[C@@H](CN2C(=O)C3(CCN([SH](=O)=O)CC3)NC2c2ccc(-c3ccc4occc4c3)cc2)C1. The van der Waals surface area contributed by atoms with Crippen LogP contribution in [0.1, 0.15) is 43.8 Å². The molecule has 2 atom stereocenters.